The Labute approximate surface area is 95.4 Å². The Hall–Kier alpha value is -0.270. The minimum Gasteiger partial charge on any atom is -0.260 e. The van der Waals surface area contributed by atoms with Crippen molar-refractivity contribution in [1.82, 2.24) is 4.98 Å². The third-order valence-corrected chi connectivity index (χ3v) is 3.30. The summed E-state index contributed by atoms with van der Waals surface area (Å²) in [6, 6.07) is 3.67. The second kappa shape index (κ2) is 4.50. The quantitative estimate of drug-likeness (QED) is 0.704. The number of hydrogen-bond donors (Lipinski definition) is 0. The number of hydrogen-bond acceptors (Lipinski definition) is 1. The van der Waals surface area contributed by atoms with E-state index >= 15 is 0 Å². The highest BCUT2D eigenvalue weighted by Gasteiger charge is 2.23. The molecular formula is C11H15Cl2N. The van der Waals surface area contributed by atoms with Gasteiger partial charge in [-0.05, 0) is 17.5 Å². The van der Waals surface area contributed by atoms with Crippen molar-refractivity contribution < 1.29 is 0 Å². The van der Waals surface area contributed by atoms with Gasteiger partial charge in [0.2, 0.25) is 0 Å². The molecule has 1 rings (SSSR count). The molecule has 0 aromatic carbocycles. The topological polar surface area (TPSA) is 12.9 Å². The molecule has 0 saturated carbocycles. The lowest BCUT2D eigenvalue weighted by atomic mass is 9.89. The van der Waals surface area contributed by atoms with E-state index in [2.05, 4.69) is 25.8 Å². The van der Waals surface area contributed by atoms with Crippen LogP contribution in [0.3, 0.4) is 0 Å². The maximum atomic E-state index is 6.26. The number of halogens is 2. The second-order valence-corrected chi connectivity index (χ2v) is 5.40. The molecule has 1 aromatic heterocycles. The summed E-state index contributed by atoms with van der Waals surface area (Å²) in [6.07, 6.45) is 2.46. The van der Waals surface area contributed by atoms with Gasteiger partial charge in [-0.2, -0.15) is 0 Å². The Bertz CT molecular complexity index is 304. The van der Waals surface area contributed by atoms with Crippen molar-refractivity contribution in [3.05, 3.63) is 29.0 Å². The highest BCUT2D eigenvalue weighted by Crippen LogP contribution is 2.28. The van der Waals surface area contributed by atoms with Crippen LogP contribution in [-0.4, -0.2) is 10.4 Å². The number of rotatable bonds is 2. The summed E-state index contributed by atoms with van der Waals surface area (Å²) in [5.74, 6) is 0. The molecule has 78 valence electrons. The van der Waals surface area contributed by atoms with Gasteiger partial charge in [-0.25, -0.2) is 0 Å². The Morgan fingerprint density at radius 2 is 2.07 bits per heavy atom. The van der Waals surface area contributed by atoms with E-state index in [1.54, 1.807) is 6.20 Å². The molecule has 0 aliphatic rings. The Kier molecular flexibility index (Phi) is 3.79. The summed E-state index contributed by atoms with van der Waals surface area (Å²) in [7, 11) is 0. The van der Waals surface area contributed by atoms with E-state index in [0.717, 1.165) is 5.69 Å². The van der Waals surface area contributed by atoms with Crippen LogP contribution in [0.2, 0.25) is 5.02 Å². The van der Waals surface area contributed by atoms with Gasteiger partial charge >= 0.3 is 0 Å². The maximum absolute atomic E-state index is 6.26. The zero-order valence-electron chi connectivity index (χ0n) is 8.72. The lowest BCUT2D eigenvalue weighted by Gasteiger charge is -2.24. The molecule has 0 N–H and O–H groups in total. The van der Waals surface area contributed by atoms with Crippen LogP contribution in [0.1, 0.15) is 26.5 Å². The van der Waals surface area contributed by atoms with Crippen molar-refractivity contribution in [2.75, 3.05) is 0 Å². The maximum Gasteiger partial charge on any atom is 0.0622 e. The third kappa shape index (κ3) is 3.14. The van der Waals surface area contributed by atoms with Crippen molar-refractivity contribution in [2.24, 2.45) is 5.41 Å². The normalized spacial score (nSPS) is 14.1. The van der Waals surface area contributed by atoms with Crippen LogP contribution in [0.4, 0.5) is 0 Å². The number of alkyl halides is 1. The molecule has 3 heteroatoms. The summed E-state index contributed by atoms with van der Waals surface area (Å²) in [5.41, 5.74) is 0.951. The smallest absolute Gasteiger partial charge is 0.0622 e. The fourth-order valence-electron chi connectivity index (χ4n) is 1.04. The highest BCUT2D eigenvalue weighted by atomic mass is 35.5. The van der Waals surface area contributed by atoms with E-state index in [1.807, 2.05) is 12.1 Å². The predicted octanol–water partition coefficient (Wildman–Crippen LogP) is 3.93. The molecule has 1 unspecified atom stereocenters. The zero-order chi connectivity index (χ0) is 10.8. The van der Waals surface area contributed by atoms with Gasteiger partial charge in [-0.15, -0.1) is 11.6 Å². The summed E-state index contributed by atoms with van der Waals surface area (Å²) in [6.45, 7) is 6.34. The molecule has 0 bridgehead atoms. The third-order valence-electron chi connectivity index (χ3n) is 2.15. The van der Waals surface area contributed by atoms with Crippen molar-refractivity contribution in [1.29, 1.82) is 0 Å². The monoisotopic (exact) mass is 231 g/mol. The van der Waals surface area contributed by atoms with Crippen LogP contribution in [0, 0.1) is 5.41 Å². The van der Waals surface area contributed by atoms with Gasteiger partial charge in [0.1, 0.15) is 0 Å². The summed E-state index contributed by atoms with van der Waals surface area (Å²) in [4.78, 5) is 4.22. The summed E-state index contributed by atoms with van der Waals surface area (Å²) >= 11 is 12.3. The van der Waals surface area contributed by atoms with Crippen LogP contribution in [0.15, 0.2) is 18.3 Å². The van der Waals surface area contributed by atoms with Crippen LogP contribution in [0.5, 0.6) is 0 Å². The van der Waals surface area contributed by atoms with E-state index in [4.69, 9.17) is 23.2 Å². The zero-order valence-corrected chi connectivity index (χ0v) is 10.2. The largest absolute Gasteiger partial charge is 0.260 e. The van der Waals surface area contributed by atoms with E-state index in [9.17, 15) is 0 Å². The Balaban J connectivity index is 2.75. The minimum atomic E-state index is 0.0508. The van der Waals surface area contributed by atoms with Gasteiger partial charge < -0.3 is 0 Å². The van der Waals surface area contributed by atoms with Crippen LogP contribution in [0.25, 0.3) is 0 Å². The molecule has 1 atom stereocenters. The molecular weight excluding hydrogens is 217 g/mol. The first-order valence-electron chi connectivity index (χ1n) is 4.64. The molecule has 0 fully saturated rings. The average Bonchev–Trinajstić information content (AvgIpc) is 2.07. The minimum absolute atomic E-state index is 0.0508. The van der Waals surface area contributed by atoms with E-state index in [-0.39, 0.29) is 10.8 Å². The molecule has 0 amide bonds. The lowest BCUT2D eigenvalue weighted by molar-refractivity contribution is 0.385. The molecule has 14 heavy (non-hydrogen) atoms. The molecule has 0 radical (unpaired) electrons. The highest BCUT2D eigenvalue weighted by molar-refractivity contribution is 6.31. The Morgan fingerprint density at radius 1 is 1.43 bits per heavy atom. The fraction of sp³-hybridized carbons (Fsp3) is 0.545. The summed E-state index contributed by atoms with van der Waals surface area (Å²) in [5, 5.41) is 0.748. The molecule has 0 aliphatic carbocycles. The van der Waals surface area contributed by atoms with Gasteiger partial charge in [0, 0.05) is 18.0 Å². The van der Waals surface area contributed by atoms with Gasteiger partial charge in [-0.1, -0.05) is 32.4 Å². The van der Waals surface area contributed by atoms with Crippen molar-refractivity contribution in [2.45, 2.75) is 32.6 Å². The van der Waals surface area contributed by atoms with Gasteiger partial charge in [0.25, 0.3) is 0 Å². The molecule has 0 aliphatic heterocycles. The van der Waals surface area contributed by atoms with Crippen molar-refractivity contribution in [3.63, 3.8) is 0 Å². The van der Waals surface area contributed by atoms with Crippen LogP contribution >= 0.6 is 23.2 Å². The van der Waals surface area contributed by atoms with Crippen LogP contribution in [-0.2, 0) is 6.42 Å². The van der Waals surface area contributed by atoms with Crippen molar-refractivity contribution in [3.8, 4) is 0 Å². The van der Waals surface area contributed by atoms with E-state index in [0.29, 0.717) is 11.4 Å². The molecule has 1 heterocycles. The SMILES string of the molecule is CC(C)(C)C(Cl)Cc1ncccc1Cl. The first kappa shape index (κ1) is 11.8. The average molecular weight is 232 g/mol. The van der Waals surface area contributed by atoms with Crippen LogP contribution < -0.4 is 0 Å². The molecule has 1 nitrogen and oxygen atoms in total. The lowest BCUT2D eigenvalue weighted by Crippen LogP contribution is -2.23. The second-order valence-electron chi connectivity index (χ2n) is 4.47. The fourth-order valence-corrected chi connectivity index (χ4v) is 1.39. The Morgan fingerprint density at radius 3 is 2.57 bits per heavy atom. The standard InChI is InChI=1S/C11H15Cl2N/c1-11(2,3)10(13)7-9-8(12)5-4-6-14-9/h4-6,10H,7H2,1-3H3. The van der Waals surface area contributed by atoms with E-state index in [1.165, 1.54) is 0 Å². The number of aromatic nitrogens is 1. The van der Waals surface area contributed by atoms with Crippen molar-refractivity contribution >= 4 is 23.2 Å². The number of pyridine rings is 1. The predicted molar refractivity (Wildman–Crippen MR) is 62.0 cm³/mol. The van der Waals surface area contributed by atoms with Gasteiger partial charge in [0.05, 0.1) is 10.7 Å². The molecule has 1 aromatic rings. The van der Waals surface area contributed by atoms with Gasteiger partial charge in [-0.3, -0.25) is 4.98 Å². The number of nitrogens with zero attached hydrogens (tertiary/aromatic N) is 1. The van der Waals surface area contributed by atoms with E-state index < -0.39 is 0 Å². The first-order chi connectivity index (χ1) is 6.41. The molecule has 0 spiro atoms. The van der Waals surface area contributed by atoms with Gasteiger partial charge in [0.15, 0.2) is 0 Å². The first-order valence-corrected chi connectivity index (χ1v) is 5.46. The summed E-state index contributed by atoms with van der Waals surface area (Å²) < 4.78 is 0. The molecule has 0 saturated heterocycles.